The smallest absolute Gasteiger partial charge is 0.265 e. The second-order valence-corrected chi connectivity index (χ2v) is 4.18. The minimum Gasteiger partial charge on any atom is -0.460 e. The van der Waals surface area contributed by atoms with Crippen molar-refractivity contribution in [2.45, 2.75) is 6.54 Å². The Morgan fingerprint density at radius 3 is 2.82 bits per heavy atom. The lowest BCUT2D eigenvalue weighted by Crippen LogP contribution is -2.29. The predicted octanol–water partition coefficient (Wildman–Crippen LogP) is 1.10. The van der Waals surface area contributed by atoms with Crippen LogP contribution in [0.1, 0.15) is 16.1 Å². The van der Waals surface area contributed by atoms with Gasteiger partial charge in [-0.05, 0) is 32.3 Å². The first-order valence-corrected chi connectivity index (χ1v) is 5.28. The number of benzene rings is 1. The van der Waals surface area contributed by atoms with Crippen molar-refractivity contribution < 1.29 is 9.21 Å². The van der Waals surface area contributed by atoms with Gasteiger partial charge >= 0.3 is 0 Å². The summed E-state index contributed by atoms with van der Waals surface area (Å²) in [6, 6.07) is 7.23. The van der Waals surface area contributed by atoms with Crippen LogP contribution in [-0.4, -0.2) is 24.9 Å². The van der Waals surface area contributed by atoms with Crippen molar-refractivity contribution in [3.63, 3.8) is 0 Å². The van der Waals surface area contributed by atoms with E-state index in [9.17, 15) is 4.79 Å². The minimum atomic E-state index is -0.322. The van der Waals surface area contributed by atoms with Crippen LogP contribution in [0.5, 0.6) is 0 Å². The molecule has 1 aromatic carbocycles. The number of amides is 1. The fourth-order valence-electron chi connectivity index (χ4n) is 1.70. The SMILES string of the molecule is CN(C)Cc1cc2ccc(C(=O)NN)cc2o1. The molecule has 0 aliphatic carbocycles. The third-order valence-electron chi connectivity index (χ3n) is 2.44. The number of fused-ring (bicyclic) bond motifs is 1. The van der Waals surface area contributed by atoms with Gasteiger partial charge in [-0.25, -0.2) is 5.84 Å². The summed E-state index contributed by atoms with van der Waals surface area (Å²) in [5.41, 5.74) is 3.28. The first-order chi connectivity index (χ1) is 8.10. The third kappa shape index (κ3) is 2.46. The molecule has 1 heterocycles. The molecule has 17 heavy (non-hydrogen) atoms. The van der Waals surface area contributed by atoms with Crippen LogP contribution in [-0.2, 0) is 6.54 Å². The lowest BCUT2D eigenvalue weighted by molar-refractivity contribution is 0.0953. The van der Waals surface area contributed by atoms with E-state index < -0.39 is 0 Å². The van der Waals surface area contributed by atoms with E-state index in [4.69, 9.17) is 10.3 Å². The number of hydrazine groups is 1. The Labute approximate surface area is 99.1 Å². The van der Waals surface area contributed by atoms with E-state index in [0.717, 1.165) is 17.7 Å². The van der Waals surface area contributed by atoms with Gasteiger partial charge in [-0.1, -0.05) is 6.07 Å². The first kappa shape index (κ1) is 11.6. The quantitative estimate of drug-likeness (QED) is 0.473. The van der Waals surface area contributed by atoms with Gasteiger partial charge in [0.25, 0.3) is 5.91 Å². The maximum atomic E-state index is 11.4. The molecule has 2 rings (SSSR count). The van der Waals surface area contributed by atoms with E-state index in [1.807, 2.05) is 31.1 Å². The molecular weight excluding hydrogens is 218 g/mol. The van der Waals surface area contributed by atoms with Crippen molar-refractivity contribution >= 4 is 16.9 Å². The summed E-state index contributed by atoms with van der Waals surface area (Å²) in [5.74, 6) is 5.63. The number of rotatable bonds is 3. The van der Waals surface area contributed by atoms with Crippen LogP contribution >= 0.6 is 0 Å². The first-order valence-electron chi connectivity index (χ1n) is 5.28. The number of nitrogens with one attached hydrogen (secondary N) is 1. The number of carbonyl (C=O) groups excluding carboxylic acids is 1. The lowest BCUT2D eigenvalue weighted by atomic mass is 10.1. The number of hydrogen-bond acceptors (Lipinski definition) is 4. The summed E-state index contributed by atoms with van der Waals surface area (Å²) in [5, 5.41) is 0.982. The van der Waals surface area contributed by atoms with Gasteiger partial charge in [-0.15, -0.1) is 0 Å². The van der Waals surface area contributed by atoms with Gasteiger partial charge < -0.3 is 9.32 Å². The molecule has 3 N–H and O–H groups in total. The summed E-state index contributed by atoms with van der Waals surface area (Å²) >= 11 is 0. The molecule has 0 aliphatic heterocycles. The van der Waals surface area contributed by atoms with E-state index in [2.05, 4.69) is 5.43 Å². The van der Waals surface area contributed by atoms with Gasteiger partial charge in [0.05, 0.1) is 6.54 Å². The van der Waals surface area contributed by atoms with Gasteiger partial charge in [0.1, 0.15) is 11.3 Å². The summed E-state index contributed by atoms with van der Waals surface area (Å²) < 4.78 is 5.65. The Morgan fingerprint density at radius 1 is 1.41 bits per heavy atom. The van der Waals surface area contributed by atoms with Gasteiger partial charge in [0.15, 0.2) is 0 Å². The summed E-state index contributed by atoms with van der Waals surface area (Å²) in [7, 11) is 3.95. The second-order valence-electron chi connectivity index (χ2n) is 4.18. The molecule has 0 bridgehead atoms. The topological polar surface area (TPSA) is 71.5 Å². The molecule has 0 aliphatic rings. The Kier molecular flexibility index (Phi) is 3.12. The summed E-state index contributed by atoms with van der Waals surface area (Å²) in [6.45, 7) is 0.729. The van der Waals surface area contributed by atoms with E-state index in [1.165, 1.54) is 0 Å². The highest BCUT2D eigenvalue weighted by molar-refractivity contribution is 5.97. The average molecular weight is 233 g/mol. The molecular formula is C12H15N3O2. The predicted molar refractivity (Wildman–Crippen MR) is 65.3 cm³/mol. The molecule has 0 saturated heterocycles. The molecule has 0 fully saturated rings. The molecule has 0 spiro atoms. The van der Waals surface area contributed by atoms with Gasteiger partial charge in [-0.2, -0.15) is 0 Å². The maximum Gasteiger partial charge on any atom is 0.265 e. The Morgan fingerprint density at radius 2 is 2.18 bits per heavy atom. The van der Waals surface area contributed by atoms with Crippen LogP contribution in [0.25, 0.3) is 11.0 Å². The number of hydrogen-bond donors (Lipinski definition) is 2. The van der Waals surface area contributed by atoms with Crippen LogP contribution in [0.15, 0.2) is 28.7 Å². The van der Waals surface area contributed by atoms with Crippen LogP contribution in [0.4, 0.5) is 0 Å². The van der Waals surface area contributed by atoms with Crippen LogP contribution in [0.2, 0.25) is 0 Å². The highest BCUT2D eigenvalue weighted by Gasteiger charge is 2.08. The van der Waals surface area contributed by atoms with Crippen molar-refractivity contribution in [2.24, 2.45) is 5.84 Å². The Bertz CT molecular complexity index is 546. The van der Waals surface area contributed by atoms with Crippen molar-refractivity contribution in [3.05, 3.63) is 35.6 Å². The molecule has 0 radical (unpaired) electrons. The largest absolute Gasteiger partial charge is 0.460 e. The van der Waals surface area contributed by atoms with E-state index in [-0.39, 0.29) is 5.91 Å². The third-order valence-corrected chi connectivity index (χ3v) is 2.44. The van der Waals surface area contributed by atoms with Crippen LogP contribution in [0.3, 0.4) is 0 Å². The van der Waals surface area contributed by atoms with Crippen molar-refractivity contribution in [1.29, 1.82) is 0 Å². The highest BCUT2D eigenvalue weighted by Crippen LogP contribution is 2.21. The number of nitrogens with zero attached hydrogens (tertiary/aromatic N) is 1. The lowest BCUT2D eigenvalue weighted by Gasteiger charge is -2.04. The van der Waals surface area contributed by atoms with Crippen molar-refractivity contribution in [2.75, 3.05) is 14.1 Å². The van der Waals surface area contributed by atoms with E-state index in [0.29, 0.717) is 11.1 Å². The Hall–Kier alpha value is -1.85. The number of carbonyl (C=O) groups is 1. The number of furan rings is 1. The second kappa shape index (κ2) is 4.57. The maximum absolute atomic E-state index is 11.4. The van der Waals surface area contributed by atoms with Crippen LogP contribution in [0, 0.1) is 0 Å². The summed E-state index contributed by atoms with van der Waals surface area (Å²) in [4.78, 5) is 13.4. The molecule has 0 saturated carbocycles. The molecule has 1 amide bonds. The molecule has 2 aromatic rings. The summed E-state index contributed by atoms with van der Waals surface area (Å²) in [6.07, 6.45) is 0. The minimum absolute atomic E-state index is 0.322. The molecule has 0 unspecified atom stereocenters. The molecule has 1 aromatic heterocycles. The van der Waals surface area contributed by atoms with Crippen molar-refractivity contribution in [3.8, 4) is 0 Å². The monoisotopic (exact) mass is 233 g/mol. The Balaban J connectivity index is 2.37. The molecule has 90 valence electrons. The van der Waals surface area contributed by atoms with Gasteiger partial charge in [0.2, 0.25) is 0 Å². The normalized spacial score (nSPS) is 11.1. The van der Waals surface area contributed by atoms with Gasteiger partial charge in [-0.3, -0.25) is 10.2 Å². The average Bonchev–Trinajstić information content (AvgIpc) is 2.67. The highest BCUT2D eigenvalue weighted by atomic mass is 16.3. The van der Waals surface area contributed by atoms with E-state index >= 15 is 0 Å². The van der Waals surface area contributed by atoms with Crippen molar-refractivity contribution in [1.82, 2.24) is 10.3 Å². The zero-order valence-corrected chi connectivity index (χ0v) is 9.86. The standard InChI is InChI=1S/C12H15N3O2/c1-15(2)7-10-5-8-3-4-9(12(16)14-13)6-11(8)17-10/h3-6H,7,13H2,1-2H3,(H,14,16). The van der Waals surface area contributed by atoms with Crippen LogP contribution < -0.4 is 11.3 Å². The molecule has 5 nitrogen and oxygen atoms in total. The number of nitrogens with two attached hydrogens (primary N) is 1. The zero-order chi connectivity index (χ0) is 12.4. The fraction of sp³-hybridized carbons (Fsp3) is 0.250. The fourth-order valence-corrected chi connectivity index (χ4v) is 1.70. The molecule has 5 heteroatoms. The zero-order valence-electron chi connectivity index (χ0n) is 9.86. The molecule has 0 atom stereocenters. The number of nitrogen functional groups attached to an aromatic ring is 1. The van der Waals surface area contributed by atoms with E-state index in [1.54, 1.807) is 12.1 Å². The van der Waals surface area contributed by atoms with Gasteiger partial charge in [0, 0.05) is 10.9 Å².